The maximum Gasteiger partial charge on any atom is 0.130 e. The summed E-state index contributed by atoms with van der Waals surface area (Å²) in [5.41, 5.74) is 1.12. The molecule has 3 atom stereocenters. The number of aromatic nitrogens is 2. The summed E-state index contributed by atoms with van der Waals surface area (Å²) in [6.45, 7) is 8.77. The molecule has 1 heterocycles. The van der Waals surface area contributed by atoms with Gasteiger partial charge >= 0.3 is 0 Å². The van der Waals surface area contributed by atoms with Crippen molar-refractivity contribution < 1.29 is 0 Å². The fourth-order valence-electron chi connectivity index (χ4n) is 2.64. The zero-order valence-corrected chi connectivity index (χ0v) is 11.3. The number of nitrogens with zero attached hydrogens (tertiary/aromatic N) is 2. The minimum absolute atomic E-state index is 0.573. The van der Waals surface area contributed by atoms with Crippen molar-refractivity contribution in [3.8, 4) is 0 Å². The van der Waals surface area contributed by atoms with E-state index in [1.54, 1.807) is 0 Å². The second-order valence-corrected chi connectivity index (χ2v) is 5.31. The summed E-state index contributed by atoms with van der Waals surface area (Å²) in [7, 11) is 0. The first-order valence-electron chi connectivity index (χ1n) is 6.71. The Kier molecular flexibility index (Phi) is 3.65. The summed E-state index contributed by atoms with van der Waals surface area (Å²) < 4.78 is 0. The minimum Gasteiger partial charge on any atom is -0.367 e. The lowest BCUT2D eigenvalue weighted by molar-refractivity contribution is 0.435. The Hall–Kier alpha value is -1.12. The van der Waals surface area contributed by atoms with Crippen molar-refractivity contribution in [2.24, 2.45) is 11.8 Å². The third kappa shape index (κ3) is 2.76. The predicted molar refractivity (Wildman–Crippen MR) is 71.1 cm³/mol. The van der Waals surface area contributed by atoms with E-state index in [4.69, 9.17) is 0 Å². The van der Waals surface area contributed by atoms with E-state index in [1.807, 2.05) is 6.92 Å². The molecule has 0 aliphatic heterocycles. The van der Waals surface area contributed by atoms with Gasteiger partial charge in [-0.3, -0.25) is 0 Å². The standard InChI is InChI=1S/C14H23N3/c1-5-12-8-14(16-11(4)15-12)17-13-7-6-9(2)10(13)3/h8-10,13H,5-7H2,1-4H3,(H,15,16,17). The van der Waals surface area contributed by atoms with Crippen molar-refractivity contribution in [3.05, 3.63) is 17.6 Å². The van der Waals surface area contributed by atoms with Gasteiger partial charge in [0.2, 0.25) is 0 Å². The molecule has 1 N–H and O–H groups in total. The number of nitrogens with one attached hydrogen (secondary N) is 1. The fraction of sp³-hybridized carbons (Fsp3) is 0.714. The summed E-state index contributed by atoms with van der Waals surface area (Å²) in [6, 6.07) is 2.66. The van der Waals surface area contributed by atoms with E-state index >= 15 is 0 Å². The van der Waals surface area contributed by atoms with Crippen molar-refractivity contribution in [2.45, 2.75) is 53.0 Å². The molecular weight excluding hydrogens is 210 g/mol. The van der Waals surface area contributed by atoms with Crippen LogP contribution in [0.5, 0.6) is 0 Å². The van der Waals surface area contributed by atoms with Crippen LogP contribution in [0.4, 0.5) is 5.82 Å². The molecule has 1 aromatic rings. The van der Waals surface area contributed by atoms with Gasteiger partial charge in [0, 0.05) is 17.8 Å². The summed E-state index contributed by atoms with van der Waals surface area (Å²) in [4.78, 5) is 8.89. The molecule has 1 aliphatic rings. The van der Waals surface area contributed by atoms with Crippen LogP contribution in [0.3, 0.4) is 0 Å². The second kappa shape index (κ2) is 5.03. The van der Waals surface area contributed by atoms with Crippen LogP contribution in [0.25, 0.3) is 0 Å². The van der Waals surface area contributed by atoms with Crippen LogP contribution < -0.4 is 5.32 Å². The maximum atomic E-state index is 4.48. The highest BCUT2D eigenvalue weighted by Crippen LogP contribution is 2.32. The van der Waals surface area contributed by atoms with E-state index < -0.39 is 0 Å². The monoisotopic (exact) mass is 233 g/mol. The Morgan fingerprint density at radius 1 is 1.29 bits per heavy atom. The number of aryl methyl sites for hydroxylation is 2. The molecule has 1 fully saturated rings. The van der Waals surface area contributed by atoms with Gasteiger partial charge in [-0.25, -0.2) is 9.97 Å². The molecule has 1 saturated carbocycles. The summed E-state index contributed by atoms with van der Waals surface area (Å²) in [5.74, 6) is 3.42. The van der Waals surface area contributed by atoms with Gasteiger partial charge in [0.1, 0.15) is 11.6 Å². The Balaban J connectivity index is 2.10. The molecule has 3 heteroatoms. The van der Waals surface area contributed by atoms with Crippen molar-refractivity contribution in [2.75, 3.05) is 5.32 Å². The van der Waals surface area contributed by atoms with E-state index in [0.717, 1.165) is 35.6 Å². The van der Waals surface area contributed by atoms with Gasteiger partial charge < -0.3 is 5.32 Å². The van der Waals surface area contributed by atoms with Crippen LogP contribution >= 0.6 is 0 Å². The minimum atomic E-state index is 0.573. The molecule has 3 unspecified atom stereocenters. The highest BCUT2D eigenvalue weighted by molar-refractivity contribution is 5.37. The molecule has 0 aromatic carbocycles. The fourth-order valence-corrected chi connectivity index (χ4v) is 2.64. The summed E-state index contributed by atoms with van der Waals surface area (Å²) in [5, 5.41) is 3.59. The van der Waals surface area contributed by atoms with Crippen molar-refractivity contribution in [1.82, 2.24) is 9.97 Å². The van der Waals surface area contributed by atoms with E-state index in [2.05, 4.69) is 42.1 Å². The van der Waals surface area contributed by atoms with Gasteiger partial charge in [0.25, 0.3) is 0 Å². The van der Waals surface area contributed by atoms with Gasteiger partial charge in [-0.05, 0) is 38.0 Å². The average molecular weight is 233 g/mol. The third-order valence-corrected chi connectivity index (χ3v) is 4.05. The molecule has 0 radical (unpaired) electrons. The number of hydrogen-bond donors (Lipinski definition) is 1. The summed E-state index contributed by atoms with van der Waals surface area (Å²) in [6.07, 6.45) is 3.55. The van der Waals surface area contributed by atoms with Gasteiger partial charge in [-0.15, -0.1) is 0 Å². The lowest BCUT2D eigenvalue weighted by atomic mass is 9.98. The molecule has 17 heavy (non-hydrogen) atoms. The molecule has 2 rings (SSSR count). The van der Waals surface area contributed by atoms with E-state index in [9.17, 15) is 0 Å². The molecule has 0 bridgehead atoms. The lowest BCUT2D eigenvalue weighted by Gasteiger charge is -2.20. The smallest absolute Gasteiger partial charge is 0.130 e. The number of anilines is 1. The van der Waals surface area contributed by atoms with Crippen LogP contribution in [0.1, 0.15) is 45.1 Å². The third-order valence-electron chi connectivity index (χ3n) is 4.05. The van der Waals surface area contributed by atoms with Crippen LogP contribution in [-0.2, 0) is 6.42 Å². The van der Waals surface area contributed by atoms with Crippen LogP contribution in [0.2, 0.25) is 0 Å². The molecule has 0 spiro atoms. The number of rotatable bonds is 3. The Labute approximate surface area is 104 Å². The maximum absolute atomic E-state index is 4.48. The molecule has 3 nitrogen and oxygen atoms in total. The SMILES string of the molecule is CCc1cc(NC2CCC(C)C2C)nc(C)n1. The molecule has 1 aromatic heterocycles. The van der Waals surface area contributed by atoms with E-state index in [-0.39, 0.29) is 0 Å². The first-order chi connectivity index (χ1) is 8.10. The molecule has 0 amide bonds. The second-order valence-electron chi connectivity index (χ2n) is 5.31. The Bertz CT molecular complexity index is 389. The predicted octanol–water partition coefficient (Wildman–Crippen LogP) is 3.19. The van der Waals surface area contributed by atoms with Gasteiger partial charge in [0.15, 0.2) is 0 Å². The Morgan fingerprint density at radius 3 is 2.65 bits per heavy atom. The van der Waals surface area contributed by atoms with Crippen LogP contribution in [0, 0.1) is 18.8 Å². The normalized spacial score (nSPS) is 28.4. The van der Waals surface area contributed by atoms with Crippen molar-refractivity contribution in [1.29, 1.82) is 0 Å². The highest BCUT2D eigenvalue weighted by Gasteiger charge is 2.29. The lowest BCUT2D eigenvalue weighted by Crippen LogP contribution is -2.24. The molecule has 1 aliphatic carbocycles. The topological polar surface area (TPSA) is 37.8 Å². The molecule has 0 saturated heterocycles. The molecule has 94 valence electrons. The zero-order valence-electron chi connectivity index (χ0n) is 11.3. The van der Waals surface area contributed by atoms with Gasteiger partial charge in [0.05, 0.1) is 0 Å². The number of hydrogen-bond acceptors (Lipinski definition) is 3. The van der Waals surface area contributed by atoms with Crippen molar-refractivity contribution >= 4 is 5.82 Å². The average Bonchev–Trinajstić information content (AvgIpc) is 2.60. The summed E-state index contributed by atoms with van der Waals surface area (Å²) >= 11 is 0. The van der Waals surface area contributed by atoms with Crippen molar-refractivity contribution in [3.63, 3.8) is 0 Å². The largest absolute Gasteiger partial charge is 0.367 e. The quantitative estimate of drug-likeness (QED) is 0.871. The van der Waals surface area contributed by atoms with E-state index in [0.29, 0.717) is 6.04 Å². The first-order valence-corrected chi connectivity index (χ1v) is 6.71. The zero-order chi connectivity index (χ0) is 12.4. The van der Waals surface area contributed by atoms with Gasteiger partial charge in [-0.1, -0.05) is 20.8 Å². The van der Waals surface area contributed by atoms with Crippen LogP contribution in [-0.4, -0.2) is 16.0 Å². The van der Waals surface area contributed by atoms with E-state index in [1.165, 1.54) is 12.8 Å². The Morgan fingerprint density at radius 2 is 2.06 bits per heavy atom. The van der Waals surface area contributed by atoms with Gasteiger partial charge in [-0.2, -0.15) is 0 Å². The highest BCUT2D eigenvalue weighted by atomic mass is 15.1. The first kappa shape index (κ1) is 12.3. The molecular formula is C14H23N3. The van der Waals surface area contributed by atoms with Crippen LogP contribution in [0.15, 0.2) is 6.07 Å².